The normalized spacial score (nSPS) is 12.1. The molecule has 0 amide bonds. The molecule has 2 bridgehead atoms. The molecular weight excluding hydrogens is 237 g/mol. The second kappa shape index (κ2) is 4.49. The monoisotopic (exact) mass is 243 g/mol. The van der Waals surface area contributed by atoms with E-state index >= 15 is 0 Å². The number of hydrogen-bond acceptors (Lipinski definition) is 4. The van der Waals surface area contributed by atoms with E-state index in [1.165, 1.54) is 6.07 Å². The minimum Gasteiger partial charge on any atom is -0.744 e. The predicted molar refractivity (Wildman–Crippen MR) is 47.2 cm³/mol. The van der Waals surface area contributed by atoms with Gasteiger partial charge in [0.25, 0.3) is 0 Å². The van der Waals surface area contributed by atoms with Crippen LogP contribution in [0.25, 0.3) is 0 Å². The molecule has 0 aliphatic heterocycles. The van der Waals surface area contributed by atoms with Gasteiger partial charge in [0, 0.05) is 11.4 Å². The third-order valence-corrected chi connectivity index (χ3v) is 3.15. The molecule has 0 unspecified atom stereocenters. The average Bonchev–Trinajstić information content (AvgIpc) is 1.81. The Labute approximate surface area is 109 Å². The Hall–Kier alpha value is 0.380. The van der Waals surface area contributed by atoms with Crippen molar-refractivity contribution in [2.75, 3.05) is 0 Å². The molecular formula is C7H7ClNNaO3S. The van der Waals surface area contributed by atoms with Crippen molar-refractivity contribution in [2.45, 2.75) is 11.3 Å². The van der Waals surface area contributed by atoms with Gasteiger partial charge in [-0.05, 0) is 17.2 Å². The van der Waals surface area contributed by atoms with Crippen LogP contribution in [-0.2, 0) is 16.5 Å². The van der Waals surface area contributed by atoms with Crippen LogP contribution in [0.4, 0.5) is 0 Å². The van der Waals surface area contributed by atoms with Crippen molar-refractivity contribution in [3.63, 3.8) is 0 Å². The molecule has 3 rings (SSSR count). The van der Waals surface area contributed by atoms with E-state index in [-0.39, 0.29) is 40.6 Å². The molecule has 1 aromatic carbocycles. The molecule has 14 heavy (non-hydrogen) atoms. The van der Waals surface area contributed by atoms with Gasteiger partial charge in [-0.2, -0.15) is 0 Å². The molecule has 0 atom stereocenters. The molecule has 0 fully saturated rings. The number of hydrogen-bond donors (Lipinski definition) is 1. The molecule has 7 heteroatoms. The summed E-state index contributed by atoms with van der Waals surface area (Å²) in [7, 11) is -4.35. The fourth-order valence-electron chi connectivity index (χ4n) is 1.23. The first-order valence-corrected chi connectivity index (χ1v) is 5.04. The van der Waals surface area contributed by atoms with Crippen LogP contribution in [-0.4, -0.2) is 13.0 Å². The molecule has 0 radical (unpaired) electrons. The largest absolute Gasteiger partial charge is 1.00 e. The van der Waals surface area contributed by atoms with Gasteiger partial charge < -0.3 is 10.7 Å². The second-order valence-corrected chi connectivity index (χ2v) is 4.44. The van der Waals surface area contributed by atoms with Crippen molar-refractivity contribution in [3.8, 4) is 0 Å². The van der Waals surface area contributed by atoms with Crippen LogP contribution in [0.3, 0.4) is 0 Å². The van der Waals surface area contributed by atoms with Gasteiger partial charge in [0.1, 0.15) is 10.1 Å². The van der Waals surface area contributed by atoms with Gasteiger partial charge in [0.05, 0.1) is 4.90 Å². The molecule has 0 spiro atoms. The van der Waals surface area contributed by atoms with E-state index in [4.69, 9.17) is 11.6 Å². The third-order valence-electron chi connectivity index (χ3n) is 1.88. The standard InChI is InChI=1S/C7H5ClO3S.H3N.Na/c8-6-3-7(12(9,10)11)5-1-4(6)2-5;;/h1,3H,2H2,(H,9,10,11);1H3;/q;;+1/p-1. The predicted octanol–water partition coefficient (Wildman–Crippen LogP) is -1.69. The Kier molecular flexibility index (Phi) is 4.61. The Balaban J connectivity index is 0.000000845. The molecule has 0 saturated heterocycles. The summed E-state index contributed by atoms with van der Waals surface area (Å²) in [5.74, 6) is 0. The van der Waals surface area contributed by atoms with E-state index in [1.54, 1.807) is 6.07 Å². The summed E-state index contributed by atoms with van der Waals surface area (Å²) in [6.07, 6.45) is 0.506. The van der Waals surface area contributed by atoms with Crippen LogP contribution in [0.5, 0.6) is 0 Å². The van der Waals surface area contributed by atoms with E-state index in [0.29, 0.717) is 17.0 Å². The van der Waals surface area contributed by atoms with Crippen molar-refractivity contribution >= 4 is 21.7 Å². The first-order chi connectivity index (χ1) is 5.48. The first kappa shape index (κ1) is 14.4. The maximum atomic E-state index is 10.6. The third kappa shape index (κ3) is 2.30. The van der Waals surface area contributed by atoms with Gasteiger partial charge in [0.2, 0.25) is 0 Å². The Morgan fingerprint density at radius 2 is 1.79 bits per heavy atom. The van der Waals surface area contributed by atoms with Crippen LogP contribution >= 0.6 is 11.6 Å². The summed E-state index contributed by atoms with van der Waals surface area (Å²) in [4.78, 5) is -0.178. The Morgan fingerprint density at radius 1 is 1.29 bits per heavy atom. The molecule has 0 aromatic heterocycles. The zero-order chi connectivity index (χ0) is 8.93. The summed E-state index contributed by atoms with van der Waals surface area (Å²) >= 11 is 5.66. The maximum absolute atomic E-state index is 10.6. The fourth-order valence-corrected chi connectivity index (χ4v) is 2.24. The van der Waals surface area contributed by atoms with Crippen molar-refractivity contribution in [2.24, 2.45) is 0 Å². The molecule has 2 aliphatic rings. The zero-order valence-corrected chi connectivity index (χ0v) is 11.2. The van der Waals surface area contributed by atoms with Crippen molar-refractivity contribution in [1.29, 1.82) is 0 Å². The van der Waals surface area contributed by atoms with Crippen LogP contribution in [0.2, 0.25) is 5.02 Å². The van der Waals surface area contributed by atoms with E-state index in [2.05, 4.69) is 0 Å². The smallest absolute Gasteiger partial charge is 0.744 e. The van der Waals surface area contributed by atoms with Gasteiger partial charge in [-0.3, -0.25) is 0 Å². The molecule has 4 nitrogen and oxygen atoms in total. The van der Waals surface area contributed by atoms with Crippen molar-refractivity contribution < 1.29 is 42.5 Å². The van der Waals surface area contributed by atoms with E-state index < -0.39 is 10.1 Å². The first-order valence-electron chi connectivity index (χ1n) is 3.25. The Morgan fingerprint density at radius 3 is 2.07 bits per heavy atom. The number of rotatable bonds is 1. The van der Waals surface area contributed by atoms with Gasteiger partial charge in [-0.1, -0.05) is 17.7 Å². The molecule has 2 aliphatic carbocycles. The minimum atomic E-state index is -4.35. The Bertz CT molecular complexity index is 460. The van der Waals surface area contributed by atoms with E-state index in [1.807, 2.05) is 0 Å². The topological polar surface area (TPSA) is 92.2 Å². The van der Waals surface area contributed by atoms with Crippen LogP contribution < -0.4 is 35.7 Å². The van der Waals surface area contributed by atoms with Crippen LogP contribution in [0, 0.1) is 0 Å². The summed E-state index contributed by atoms with van der Waals surface area (Å²) in [6.45, 7) is 0. The van der Waals surface area contributed by atoms with Crippen molar-refractivity contribution in [3.05, 3.63) is 28.3 Å². The number of benzene rings is 1. The van der Waals surface area contributed by atoms with Crippen LogP contribution in [0.1, 0.15) is 11.1 Å². The van der Waals surface area contributed by atoms with E-state index in [9.17, 15) is 13.0 Å². The summed E-state index contributed by atoms with van der Waals surface area (Å²) in [5.41, 5.74) is 1.48. The van der Waals surface area contributed by atoms with Gasteiger partial charge >= 0.3 is 29.6 Å². The fraction of sp³-hybridized carbons (Fsp3) is 0.143. The molecule has 0 heterocycles. The van der Waals surface area contributed by atoms with Crippen LogP contribution in [0.15, 0.2) is 17.0 Å². The van der Waals surface area contributed by atoms with E-state index in [0.717, 1.165) is 5.56 Å². The SMILES string of the molecule is N.O=S(=O)([O-])c1cc(Cl)c2cc1C2.[Na+]. The zero-order valence-electron chi connectivity index (χ0n) is 7.58. The molecule has 1 aromatic rings. The molecule has 3 N–H and O–H groups in total. The quantitative estimate of drug-likeness (QED) is 0.478. The van der Waals surface area contributed by atoms with Crippen molar-refractivity contribution in [1.82, 2.24) is 6.15 Å². The summed E-state index contributed by atoms with van der Waals surface area (Å²) < 4.78 is 31.9. The molecule has 72 valence electrons. The maximum Gasteiger partial charge on any atom is 1.00 e. The van der Waals surface area contributed by atoms with Gasteiger partial charge in [0.15, 0.2) is 0 Å². The van der Waals surface area contributed by atoms with Gasteiger partial charge in [-0.15, -0.1) is 0 Å². The second-order valence-electron chi connectivity index (χ2n) is 2.68. The average molecular weight is 244 g/mol. The number of fused-ring (bicyclic) bond motifs is 2. The van der Waals surface area contributed by atoms with Gasteiger partial charge in [-0.25, -0.2) is 8.42 Å². The minimum absolute atomic E-state index is 0. The summed E-state index contributed by atoms with van der Waals surface area (Å²) in [6, 6.07) is 2.85. The summed E-state index contributed by atoms with van der Waals surface area (Å²) in [5, 5.41) is 0.361. The number of halogens is 1. The molecule has 0 saturated carbocycles.